The first-order valence-corrected chi connectivity index (χ1v) is 8.32. The highest BCUT2D eigenvalue weighted by Gasteiger charge is 2.35. The average Bonchev–Trinajstić information content (AvgIpc) is 3.32. The number of anilines is 1. The quantitative estimate of drug-likeness (QED) is 0.857. The van der Waals surface area contributed by atoms with Crippen molar-refractivity contribution in [3.8, 4) is 0 Å². The van der Waals surface area contributed by atoms with Gasteiger partial charge in [0.1, 0.15) is 0 Å². The van der Waals surface area contributed by atoms with Crippen LogP contribution in [0.3, 0.4) is 0 Å². The van der Waals surface area contributed by atoms with E-state index in [1.165, 1.54) is 44.9 Å². The van der Waals surface area contributed by atoms with Gasteiger partial charge in [-0.05, 0) is 56.2 Å². The van der Waals surface area contributed by atoms with E-state index in [1.807, 2.05) is 25.1 Å². The van der Waals surface area contributed by atoms with E-state index in [9.17, 15) is 4.79 Å². The normalized spacial score (nSPS) is 19.5. The van der Waals surface area contributed by atoms with Gasteiger partial charge >= 0.3 is 0 Å². The Labute approximate surface area is 127 Å². The molecule has 0 saturated heterocycles. The van der Waals surface area contributed by atoms with Crippen molar-refractivity contribution in [2.75, 3.05) is 12.3 Å². The summed E-state index contributed by atoms with van der Waals surface area (Å²) in [6.45, 7) is 2.94. The maximum Gasteiger partial charge on any atom is 0.254 e. The minimum absolute atomic E-state index is 0.188. The highest BCUT2D eigenvalue weighted by molar-refractivity contribution is 5.96. The second-order valence-electron chi connectivity index (χ2n) is 6.77. The SMILES string of the molecule is Cc1ccc(N)cc1C(=O)N(CC1CCCCC1)C1CC1. The number of nitrogens with zero attached hydrogens (tertiary/aromatic N) is 1. The Bertz CT molecular complexity index is 516. The molecule has 21 heavy (non-hydrogen) atoms. The molecule has 0 aliphatic heterocycles. The number of hydrogen-bond donors (Lipinski definition) is 1. The summed E-state index contributed by atoms with van der Waals surface area (Å²) >= 11 is 0. The van der Waals surface area contributed by atoms with Crippen molar-refractivity contribution < 1.29 is 4.79 Å². The summed E-state index contributed by atoms with van der Waals surface area (Å²) in [6.07, 6.45) is 8.92. The van der Waals surface area contributed by atoms with Crippen molar-refractivity contribution in [1.82, 2.24) is 4.90 Å². The molecule has 114 valence electrons. The third-order valence-electron chi connectivity index (χ3n) is 4.92. The van der Waals surface area contributed by atoms with Crippen LogP contribution in [-0.4, -0.2) is 23.4 Å². The van der Waals surface area contributed by atoms with Crippen LogP contribution in [0, 0.1) is 12.8 Å². The molecule has 2 aliphatic rings. The van der Waals surface area contributed by atoms with E-state index in [4.69, 9.17) is 5.73 Å². The van der Waals surface area contributed by atoms with Gasteiger partial charge in [-0.15, -0.1) is 0 Å². The first-order chi connectivity index (χ1) is 10.1. The van der Waals surface area contributed by atoms with Gasteiger partial charge < -0.3 is 10.6 Å². The Balaban J connectivity index is 1.76. The smallest absolute Gasteiger partial charge is 0.254 e. The van der Waals surface area contributed by atoms with Gasteiger partial charge in [0.2, 0.25) is 0 Å². The van der Waals surface area contributed by atoms with Crippen LogP contribution in [0.2, 0.25) is 0 Å². The van der Waals surface area contributed by atoms with Crippen LogP contribution in [0.1, 0.15) is 60.9 Å². The monoisotopic (exact) mass is 286 g/mol. The molecule has 2 N–H and O–H groups in total. The van der Waals surface area contributed by atoms with Gasteiger partial charge in [-0.1, -0.05) is 25.3 Å². The van der Waals surface area contributed by atoms with Gasteiger partial charge in [-0.3, -0.25) is 4.79 Å². The molecule has 2 fully saturated rings. The van der Waals surface area contributed by atoms with E-state index >= 15 is 0 Å². The minimum Gasteiger partial charge on any atom is -0.399 e. The van der Waals surface area contributed by atoms with Crippen LogP contribution in [-0.2, 0) is 0 Å². The summed E-state index contributed by atoms with van der Waals surface area (Å²) in [5.41, 5.74) is 8.37. The van der Waals surface area contributed by atoms with E-state index in [-0.39, 0.29) is 5.91 Å². The molecule has 3 nitrogen and oxygen atoms in total. The van der Waals surface area contributed by atoms with Crippen molar-refractivity contribution in [2.24, 2.45) is 5.92 Å². The summed E-state index contributed by atoms with van der Waals surface area (Å²) in [4.78, 5) is 15.1. The average molecular weight is 286 g/mol. The Morgan fingerprint density at radius 1 is 1.19 bits per heavy atom. The zero-order valence-electron chi connectivity index (χ0n) is 13.0. The van der Waals surface area contributed by atoms with Crippen LogP contribution < -0.4 is 5.73 Å². The molecule has 0 atom stereocenters. The predicted molar refractivity (Wildman–Crippen MR) is 86.2 cm³/mol. The summed E-state index contributed by atoms with van der Waals surface area (Å²) in [6, 6.07) is 6.14. The van der Waals surface area contributed by atoms with Crippen molar-refractivity contribution in [3.05, 3.63) is 29.3 Å². The van der Waals surface area contributed by atoms with Crippen molar-refractivity contribution >= 4 is 11.6 Å². The fourth-order valence-electron chi connectivity index (χ4n) is 3.46. The van der Waals surface area contributed by atoms with Gasteiger partial charge in [0.15, 0.2) is 0 Å². The lowest BCUT2D eigenvalue weighted by atomic mass is 9.88. The molecule has 3 rings (SSSR count). The van der Waals surface area contributed by atoms with E-state index in [0.29, 0.717) is 17.6 Å². The molecule has 0 heterocycles. The largest absolute Gasteiger partial charge is 0.399 e. The number of amides is 1. The van der Waals surface area contributed by atoms with E-state index in [2.05, 4.69) is 4.90 Å². The topological polar surface area (TPSA) is 46.3 Å². The molecule has 1 aromatic carbocycles. The summed E-state index contributed by atoms with van der Waals surface area (Å²) in [7, 11) is 0. The Hall–Kier alpha value is -1.51. The second-order valence-corrected chi connectivity index (χ2v) is 6.77. The number of hydrogen-bond acceptors (Lipinski definition) is 2. The van der Waals surface area contributed by atoms with Crippen LogP contribution in [0.15, 0.2) is 18.2 Å². The van der Waals surface area contributed by atoms with Crippen LogP contribution >= 0.6 is 0 Å². The number of carbonyl (C=O) groups is 1. The zero-order valence-corrected chi connectivity index (χ0v) is 13.0. The fraction of sp³-hybridized carbons (Fsp3) is 0.611. The number of carbonyl (C=O) groups excluding carboxylic acids is 1. The van der Waals surface area contributed by atoms with Gasteiger partial charge in [-0.25, -0.2) is 0 Å². The molecule has 1 amide bonds. The summed E-state index contributed by atoms with van der Waals surface area (Å²) < 4.78 is 0. The molecule has 0 spiro atoms. The van der Waals surface area contributed by atoms with Crippen LogP contribution in [0.25, 0.3) is 0 Å². The van der Waals surface area contributed by atoms with Crippen molar-refractivity contribution in [2.45, 2.75) is 57.9 Å². The molecule has 2 saturated carbocycles. The van der Waals surface area contributed by atoms with Gasteiger partial charge in [0, 0.05) is 23.8 Å². The first-order valence-electron chi connectivity index (χ1n) is 8.32. The number of nitrogens with two attached hydrogens (primary N) is 1. The predicted octanol–water partition coefficient (Wildman–Crippen LogP) is 3.76. The van der Waals surface area contributed by atoms with Gasteiger partial charge in [0.25, 0.3) is 5.91 Å². The van der Waals surface area contributed by atoms with Crippen LogP contribution in [0.5, 0.6) is 0 Å². The molecular formula is C18H26N2O. The molecule has 2 aliphatic carbocycles. The lowest BCUT2D eigenvalue weighted by Crippen LogP contribution is -2.38. The lowest BCUT2D eigenvalue weighted by molar-refractivity contribution is 0.0698. The third kappa shape index (κ3) is 3.39. The first kappa shape index (κ1) is 14.4. The molecular weight excluding hydrogens is 260 g/mol. The minimum atomic E-state index is 0.188. The van der Waals surface area contributed by atoms with Gasteiger partial charge in [-0.2, -0.15) is 0 Å². The third-order valence-corrected chi connectivity index (χ3v) is 4.92. The molecule has 3 heteroatoms. The van der Waals surface area contributed by atoms with E-state index < -0.39 is 0 Å². The second kappa shape index (κ2) is 6.08. The zero-order chi connectivity index (χ0) is 14.8. The summed E-state index contributed by atoms with van der Waals surface area (Å²) in [5, 5.41) is 0. The number of benzene rings is 1. The van der Waals surface area contributed by atoms with Crippen LogP contribution in [0.4, 0.5) is 5.69 Å². The molecule has 0 aromatic heterocycles. The maximum atomic E-state index is 12.9. The molecule has 0 radical (unpaired) electrons. The van der Waals surface area contributed by atoms with E-state index in [0.717, 1.165) is 17.7 Å². The lowest BCUT2D eigenvalue weighted by Gasteiger charge is -2.30. The standard InChI is InChI=1S/C18H26N2O/c1-13-7-8-15(19)11-17(13)18(21)20(16-9-10-16)12-14-5-3-2-4-6-14/h7-8,11,14,16H,2-6,9-10,12,19H2,1H3. The number of aryl methyl sites for hydroxylation is 1. The fourth-order valence-corrected chi connectivity index (χ4v) is 3.46. The highest BCUT2D eigenvalue weighted by atomic mass is 16.2. The number of rotatable bonds is 4. The van der Waals surface area contributed by atoms with Gasteiger partial charge in [0.05, 0.1) is 0 Å². The Morgan fingerprint density at radius 3 is 2.57 bits per heavy atom. The maximum absolute atomic E-state index is 12.9. The van der Waals surface area contributed by atoms with E-state index in [1.54, 1.807) is 0 Å². The number of nitrogen functional groups attached to an aromatic ring is 1. The molecule has 0 bridgehead atoms. The highest BCUT2D eigenvalue weighted by Crippen LogP contribution is 2.33. The summed E-state index contributed by atoms with van der Waals surface area (Å²) in [5.74, 6) is 0.887. The Morgan fingerprint density at radius 2 is 1.90 bits per heavy atom. The van der Waals surface area contributed by atoms with Crippen molar-refractivity contribution in [3.63, 3.8) is 0 Å². The van der Waals surface area contributed by atoms with Crippen molar-refractivity contribution in [1.29, 1.82) is 0 Å². The Kier molecular flexibility index (Phi) is 4.18. The molecule has 1 aromatic rings. The molecule has 0 unspecified atom stereocenters.